The van der Waals surface area contributed by atoms with Gasteiger partial charge in [-0.15, -0.1) is 23.5 Å². The normalized spacial score (nSPS) is 17.4. The number of hydrogen-bond acceptors (Lipinski definition) is 3. The maximum atomic E-state index is 5.85. The molecule has 1 fully saturated rings. The molecule has 0 N–H and O–H groups in total. The van der Waals surface area contributed by atoms with Crippen molar-refractivity contribution in [1.29, 1.82) is 0 Å². The van der Waals surface area contributed by atoms with Crippen LogP contribution in [0, 0.1) is 0 Å². The lowest BCUT2D eigenvalue weighted by Gasteiger charge is -2.32. The summed E-state index contributed by atoms with van der Waals surface area (Å²) in [5.41, 5.74) is 2.59. The van der Waals surface area contributed by atoms with Crippen molar-refractivity contribution >= 4 is 23.5 Å². The molecule has 0 aliphatic carbocycles. The molecule has 2 aromatic rings. The van der Waals surface area contributed by atoms with E-state index in [1.807, 2.05) is 18.2 Å². The zero-order valence-electron chi connectivity index (χ0n) is 12.2. The van der Waals surface area contributed by atoms with Crippen molar-refractivity contribution in [3.63, 3.8) is 0 Å². The maximum Gasteiger partial charge on any atom is 0.119 e. The lowest BCUT2D eigenvalue weighted by atomic mass is 10.1. The lowest BCUT2D eigenvalue weighted by molar-refractivity contribution is 0.306. The second-order valence-corrected chi connectivity index (χ2v) is 8.58. The van der Waals surface area contributed by atoms with E-state index in [9.17, 15) is 0 Å². The number of ether oxygens (including phenoxy) is 1. The van der Waals surface area contributed by atoms with E-state index in [1.165, 1.54) is 29.1 Å². The van der Waals surface area contributed by atoms with Gasteiger partial charge in [-0.3, -0.25) is 0 Å². The van der Waals surface area contributed by atoms with E-state index >= 15 is 0 Å². The number of benzene rings is 2. The molecule has 0 amide bonds. The fraction of sp³-hybridized carbons (Fsp3) is 0.333. The van der Waals surface area contributed by atoms with Gasteiger partial charge in [-0.1, -0.05) is 42.5 Å². The largest absolute Gasteiger partial charge is 0.489 e. The molecule has 3 rings (SSSR count). The highest BCUT2D eigenvalue weighted by atomic mass is 32.2. The monoisotopic (exact) mass is 316 g/mol. The van der Waals surface area contributed by atoms with Crippen LogP contribution in [0.2, 0.25) is 0 Å². The molecule has 0 unspecified atom stereocenters. The Hall–Kier alpha value is -1.06. The zero-order valence-corrected chi connectivity index (χ0v) is 13.9. The lowest BCUT2D eigenvalue weighted by Crippen LogP contribution is -2.18. The molecular formula is C18H20OS2. The van der Waals surface area contributed by atoms with Gasteiger partial charge in [0.15, 0.2) is 0 Å². The Morgan fingerprint density at radius 2 is 1.62 bits per heavy atom. The van der Waals surface area contributed by atoms with E-state index in [0.717, 1.165) is 5.75 Å². The minimum atomic E-state index is 0.205. The molecule has 21 heavy (non-hydrogen) atoms. The third kappa shape index (κ3) is 3.78. The predicted octanol–water partition coefficient (Wildman–Crippen LogP) is 5.31. The van der Waals surface area contributed by atoms with Gasteiger partial charge in [0, 0.05) is 0 Å². The second kappa shape index (κ2) is 6.80. The minimum absolute atomic E-state index is 0.205. The van der Waals surface area contributed by atoms with Crippen molar-refractivity contribution in [1.82, 2.24) is 0 Å². The highest BCUT2D eigenvalue weighted by Gasteiger charge is 2.30. The summed E-state index contributed by atoms with van der Waals surface area (Å²) in [6.07, 6.45) is 1.32. The van der Waals surface area contributed by atoms with Gasteiger partial charge in [-0.05, 0) is 48.1 Å². The van der Waals surface area contributed by atoms with E-state index in [4.69, 9.17) is 4.74 Å². The van der Waals surface area contributed by atoms with E-state index in [2.05, 4.69) is 66.8 Å². The van der Waals surface area contributed by atoms with Gasteiger partial charge < -0.3 is 4.74 Å². The van der Waals surface area contributed by atoms with E-state index in [1.54, 1.807) is 0 Å². The van der Waals surface area contributed by atoms with E-state index in [-0.39, 0.29) is 4.08 Å². The first kappa shape index (κ1) is 14.9. The number of rotatable bonds is 4. The number of hydrogen-bond donors (Lipinski definition) is 0. The molecule has 1 heterocycles. The van der Waals surface area contributed by atoms with Gasteiger partial charge in [-0.2, -0.15) is 0 Å². The standard InChI is InChI=1S/C18H20OS2/c1-18(20-12-5-13-21-18)16-8-10-17(11-9-16)19-14-15-6-3-2-4-7-15/h2-4,6-11H,5,12-14H2,1H3. The average molecular weight is 316 g/mol. The SMILES string of the molecule is CC1(c2ccc(OCc3ccccc3)cc2)SCCCS1. The summed E-state index contributed by atoms with van der Waals surface area (Å²) in [4.78, 5) is 0. The van der Waals surface area contributed by atoms with Crippen molar-refractivity contribution in [2.75, 3.05) is 11.5 Å². The summed E-state index contributed by atoms with van der Waals surface area (Å²) >= 11 is 4.11. The Kier molecular flexibility index (Phi) is 4.81. The molecule has 0 aromatic heterocycles. The summed E-state index contributed by atoms with van der Waals surface area (Å²) < 4.78 is 6.06. The maximum absolute atomic E-state index is 5.85. The molecule has 0 atom stereocenters. The highest BCUT2D eigenvalue weighted by molar-refractivity contribution is 8.18. The van der Waals surface area contributed by atoms with Crippen LogP contribution in [-0.2, 0) is 10.7 Å². The Balaban J connectivity index is 1.64. The molecule has 3 heteroatoms. The molecule has 0 spiro atoms. The molecule has 1 aliphatic rings. The van der Waals surface area contributed by atoms with Crippen LogP contribution in [-0.4, -0.2) is 11.5 Å². The topological polar surface area (TPSA) is 9.23 Å². The molecular weight excluding hydrogens is 296 g/mol. The van der Waals surface area contributed by atoms with Crippen molar-refractivity contribution in [3.05, 3.63) is 65.7 Å². The van der Waals surface area contributed by atoms with Gasteiger partial charge in [0.2, 0.25) is 0 Å². The first-order chi connectivity index (χ1) is 10.3. The molecule has 0 bridgehead atoms. The summed E-state index contributed by atoms with van der Waals surface area (Å²) in [7, 11) is 0. The smallest absolute Gasteiger partial charge is 0.119 e. The van der Waals surface area contributed by atoms with Crippen LogP contribution >= 0.6 is 23.5 Å². The second-order valence-electron chi connectivity index (χ2n) is 5.29. The van der Waals surface area contributed by atoms with Crippen LogP contribution in [0.15, 0.2) is 54.6 Å². The Morgan fingerprint density at radius 3 is 2.29 bits per heavy atom. The zero-order chi connectivity index (χ0) is 14.5. The van der Waals surface area contributed by atoms with E-state index in [0.29, 0.717) is 6.61 Å². The van der Waals surface area contributed by atoms with Gasteiger partial charge in [0.1, 0.15) is 12.4 Å². The van der Waals surface area contributed by atoms with Gasteiger partial charge in [0.05, 0.1) is 4.08 Å². The van der Waals surface area contributed by atoms with Crippen molar-refractivity contribution < 1.29 is 4.74 Å². The summed E-state index contributed by atoms with van der Waals surface area (Å²) in [5, 5.41) is 0. The average Bonchev–Trinajstić information content (AvgIpc) is 2.55. The van der Waals surface area contributed by atoms with Crippen molar-refractivity contribution in [3.8, 4) is 5.75 Å². The van der Waals surface area contributed by atoms with Gasteiger partial charge in [0.25, 0.3) is 0 Å². The van der Waals surface area contributed by atoms with Crippen LogP contribution in [0.4, 0.5) is 0 Å². The highest BCUT2D eigenvalue weighted by Crippen LogP contribution is 2.49. The minimum Gasteiger partial charge on any atom is -0.489 e. The molecule has 1 saturated heterocycles. The first-order valence-electron chi connectivity index (χ1n) is 7.31. The molecule has 1 aliphatic heterocycles. The van der Waals surface area contributed by atoms with Gasteiger partial charge in [-0.25, -0.2) is 0 Å². The Labute approximate surface area is 135 Å². The fourth-order valence-electron chi connectivity index (χ4n) is 2.40. The van der Waals surface area contributed by atoms with Crippen molar-refractivity contribution in [2.45, 2.75) is 24.0 Å². The summed E-state index contributed by atoms with van der Waals surface area (Å²) in [5.74, 6) is 3.46. The van der Waals surface area contributed by atoms with Crippen LogP contribution < -0.4 is 4.74 Å². The van der Waals surface area contributed by atoms with Crippen LogP contribution in [0.1, 0.15) is 24.5 Å². The Bertz CT molecular complexity index is 560. The molecule has 110 valence electrons. The quantitative estimate of drug-likeness (QED) is 0.756. The van der Waals surface area contributed by atoms with E-state index < -0.39 is 0 Å². The summed E-state index contributed by atoms with van der Waals surface area (Å²) in [6, 6.07) is 18.9. The van der Waals surface area contributed by atoms with Crippen LogP contribution in [0.25, 0.3) is 0 Å². The summed E-state index contributed by atoms with van der Waals surface area (Å²) in [6.45, 7) is 2.96. The number of thioether (sulfide) groups is 2. The third-order valence-electron chi connectivity index (χ3n) is 3.67. The Morgan fingerprint density at radius 1 is 0.952 bits per heavy atom. The fourth-order valence-corrected chi connectivity index (χ4v) is 5.37. The van der Waals surface area contributed by atoms with Crippen LogP contribution in [0.3, 0.4) is 0 Å². The predicted molar refractivity (Wildman–Crippen MR) is 94.1 cm³/mol. The van der Waals surface area contributed by atoms with Crippen LogP contribution in [0.5, 0.6) is 5.75 Å². The molecule has 0 radical (unpaired) electrons. The molecule has 0 saturated carbocycles. The molecule has 2 aromatic carbocycles. The van der Waals surface area contributed by atoms with Gasteiger partial charge >= 0.3 is 0 Å². The third-order valence-corrected chi connectivity index (χ3v) is 6.94. The molecule has 1 nitrogen and oxygen atoms in total. The van der Waals surface area contributed by atoms with Crippen molar-refractivity contribution in [2.24, 2.45) is 0 Å². The first-order valence-corrected chi connectivity index (χ1v) is 9.29.